The first-order valence-electron chi connectivity index (χ1n) is 5.03. The van der Waals surface area contributed by atoms with Crippen molar-refractivity contribution in [1.29, 1.82) is 0 Å². The predicted molar refractivity (Wildman–Crippen MR) is 59.0 cm³/mol. The van der Waals surface area contributed by atoms with Gasteiger partial charge >= 0.3 is 5.97 Å². The molecule has 5 heteroatoms. The zero-order valence-corrected chi connectivity index (χ0v) is 9.47. The van der Waals surface area contributed by atoms with Crippen LogP contribution in [-0.4, -0.2) is 24.6 Å². The van der Waals surface area contributed by atoms with Gasteiger partial charge in [0.05, 0.1) is 19.2 Å². The Labute approximate surface area is 92.7 Å². The zero-order valence-electron chi connectivity index (χ0n) is 8.66. The molecule has 0 amide bonds. The summed E-state index contributed by atoms with van der Waals surface area (Å²) in [4.78, 5) is 15.3. The Morgan fingerprint density at radius 3 is 3.20 bits per heavy atom. The van der Waals surface area contributed by atoms with Crippen molar-refractivity contribution in [2.75, 3.05) is 19.0 Å². The van der Waals surface area contributed by atoms with Crippen LogP contribution in [0.4, 0.5) is 5.13 Å². The molecule has 0 radical (unpaired) electrons. The van der Waals surface area contributed by atoms with E-state index in [2.05, 4.69) is 15.0 Å². The van der Waals surface area contributed by atoms with Crippen molar-refractivity contribution in [3.63, 3.8) is 0 Å². The number of carbonyl (C=O) groups is 1. The molecule has 4 nitrogen and oxygen atoms in total. The number of anilines is 1. The average Bonchev–Trinajstić information content (AvgIpc) is 2.97. The Bertz CT molecular complexity index is 347. The zero-order chi connectivity index (χ0) is 10.7. The van der Waals surface area contributed by atoms with Crippen molar-refractivity contribution in [3.05, 3.63) is 11.1 Å². The highest BCUT2D eigenvalue weighted by Gasteiger charge is 2.21. The lowest BCUT2D eigenvalue weighted by atomic mass is 10.3. The van der Waals surface area contributed by atoms with Crippen molar-refractivity contribution in [1.82, 2.24) is 4.98 Å². The van der Waals surface area contributed by atoms with Crippen LogP contribution in [-0.2, 0) is 16.0 Å². The molecule has 1 aromatic heterocycles. The lowest BCUT2D eigenvalue weighted by molar-refractivity contribution is -0.139. The summed E-state index contributed by atoms with van der Waals surface area (Å²) in [6.45, 7) is 1.01. The molecular weight excluding hydrogens is 212 g/mol. The van der Waals surface area contributed by atoms with E-state index in [9.17, 15) is 4.79 Å². The third-order valence-electron chi connectivity index (χ3n) is 2.34. The van der Waals surface area contributed by atoms with Crippen molar-refractivity contribution >= 4 is 22.4 Å². The molecule has 1 N–H and O–H groups in total. The number of rotatable bonds is 5. The lowest BCUT2D eigenvalue weighted by Crippen LogP contribution is -2.06. The monoisotopic (exact) mass is 226 g/mol. The number of methoxy groups -OCH3 is 1. The van der Waals surface area contributed by atoms with Crippen LogP contribution in [0.15, 0.2) is 5.38 Å². The highest BCUT2D eigenvalue weighted by atomic mass is 32.1. The topological polar surface area (TPSA) is 51.2 Å². The quantitative estimate of drug-likeness (QED) is 0.776. The number of nitrogens with one attached hydrogen (secondary N) is 1. The van der Waals surface area contributed by atoms with E-state index in [0.717, 1.165) is 23.3 Å². The number of esters is 1. The van der Waals surface area contributed by atoms with Crippen molar-refractivity contribution in [2.45, 2.75) is 19.3 Å². The molecule has 82 valence electrons. The van der Waals surface area contributed by atoms with Crippen molar-refractivity contribution in [2.24, 2.45) is 5.92 Å². The molecule has 1 heterocycles. The van der Waals surface area contributed by atoms with Gasteiger partial charge in [-0.3, -0.25) is 4.79 Å². The molecule has 15 heavy (non-hydrogen) atoms. The molecule has 1 fully saturated rings. The normalized spacial score (nSPS) is 15.0. The highest BCUT2D eigenvalue weighted by Crippen LogP contribution is 2.29. The summed E-state index contributed by atoms with van der Waals surface area (Å²) < 4.78 is 4.58. The minimum absolute atomic E-state index is 0.242. The van der Waals surface area contributed by atoms with E-state index in [4.69, 9.17) is 0 Å². The van der Waals surface area contributed by atoms with Gasteiger partial charge < -0.3 is 10.1 Å². The fourth-order valence-electron chi connectivity index (χ4n) is 1.24. The molecule has 2 rings (SSSR count). The van der Waals surface area contributed by atoms with E-state index in [0.29, 0.717) is 0 Å². The predicted octanol–water partition coefficient (Wildman–Crippen LogP) is 1.68. The Hall–Kier alpha value is -1.10. The molecule has 1 aliphatic rings. The van der Waals surface area contributed by atoms with Gasteiger partial charge in [0.15, 0.2) is 5.13 Å². The van der Waals surface area contributed by atoms with Crippen LogP contribution >= 0.6 is 11.3 Å². The summed E-state index contributed by atoms with van der Waals surface area (Å²) in [5, 5.41) is 6.07. The summed E-state index contributed by atoms with van der Waals surface area (Å²) in [6.07, 6.45) is 2.92. The lowest BCUT2D eigenvalue weighted by Gasteiger charge is -1.98. The molecule has 0 aromatic carbocycles. The van der Waals surface area contributed by atoms with Crippen LogP contribution < -0.4 is 5.32 Å². The number of ether oxygens (including phenoxy) is 1. The number of hydrogen-bond donors (Lipinski definition) is 1. The Morgan fingerprint density at radius 2 is 2.53 bits per heavy atom. The van der Waals surface area contributed by atoms with Gasteiger partial charge in [0.1, 0.15) is 0 Å². The van der Waals surface area contributed by atoms with Gasteiger partial charge in [-0.25, -0.2) is 4.98 Å². The number of carbonyl (C=O) groups excluding carboxylic acids is 1. The van der Waals surface area contributed by atoms with Gasteiger partial charge in [-0.1, -0.05) is 0 Å². The standard InChI is InChI=1S/C10H14N2O2S/c1-14-9(13)4-8-6-15-10(12-8)11-5-7-2-3-7/h6-7H,2-5H2,1H3,(H,11,12). The number of thiazole rings is 1. The molecule has 1 aliphatic carbocycles. The van der Waals surface area contributed by atoms with E-state index >= 15 is 0 Å². The average molecular weight is 226 g/mol. The summed E-state index contributed by atoms with van der Waals surface area (Å²) >= 11 is 1.54. The summed E-state index contributed by atoms with van der Waals surface area (Å²) in [5.41, 5.74) is 0.783. The van der Waals surface area contributed by atoms with Gasteiger partial charge in [-0.2, -0.15) is 0 Å². The second kappa shape index (κ2) is 4.61. The minimum Gasteiger partial charge on any atom is -0.469 e. The molecule has 1 aromatic rings. The first kappa shape index (κ1) is 10.4. The summed E-state index contributed by atoms with van der Waals surface area (Å²) in [6, 6.07) is 0. The molecule has 0 aliphatic heterocycles. The summed E-state index contributed by atoms with van der Waals surface area (Å²) in [7, 11) is 1.39. The fourth-order valence-corrected chi connectivity index (χ4v) is 1.96. The van der Waals surface area contributed by atoms with Gasteiger partial charge in [-0.15, -0.1) is 11.3 Å². The maximum atomic E-state index is 11.0. The first-order chi connectivity index (χ1) is 7.28. The highest BCUT2D eigenvalue weighted by molar-refractivity contribution is 7.13. The van der Waals surface area contributed by atoms with E-state index in [1.54, 1.807) is 11.3 Å². The second-order valence-electron chi connectivity index (χ2n) is 3.72. The van der Waals surface area contributed by atoms with Crippen LogP contribution in [0.1, 0.15) is 18.5 Å². The SMILES string of the molecule is COC(=O)Cc1csc(NCC2CC2)n1. The Morgan fingerprint density at radius 1 is 1.73 bits per heavy atom. The third-order valence-corrected chi connectivity index (χ3v) is 3.19. The van der Waals surface area contributed by atoms with Crippen LogP contribution in [0.5, 0.6) is 0 Å². The second-order valence-corrected chi connectivity index (χ2v) is 4.58. The largest absolute Gasteiger partial charge is 0.469 e. The Kier molecular flexibility index (Phi) is 3.20. The molecule has 1 saturated carbocycles. The maximum absolute atomic E-state index is 11.0. The first-order valence-corrected chi connectivity index (χ1v) is 5.91. The van der Waals surface area contributed by atoms with Gasteiger partial charge in [0, 0.05) is 11.9 Å². The maximum Gasteiger partial charge on any atom is 0.311 e. The molecule has 0 spiro atoms. The van der Waals surface area contributed by atoms with Crippen LogP contribution in [0.3, 0.4) is 0 Å². The number of hydrogen-bond acceptors (Lipinski definition) is 5. The van der Waals surface area contributed by atoms with E-state index in [-0.39, 0.29) is 12.4 Å². The van der Waals surface area contributed by atoms with E-state index < -0.39 is 0 Å². The molecule has 0 unspecified atom stereocenters. The van der Waals surface area contributed by atoms with E-state index in [1.807, 2.05) is 5.38 Å². The number of aromatic nitrogens is 1. The number of nitrogens with zero attached hydrogens (tertiary/aromatic N) is 1. The summed E-state index contributed by atoms with van der Waals surface area (Å²) in [5.74, 6) is 0.590. The van der Waals surface area contributed by atoms with Gasteiger partial charge in [0.25, 0.3) is 0 Å². The van der Waals surface area contributed by atoms with Crippen LogP contribution in [0.25, 0.3) is 0 Å². The van der Waals surface area contributed by atoms with Crippen LogP contribution in [0, 0.1) is 5.92 Å². The van der Waals surface area contributed by atoms with Gasteiger partial charge in [-0.05, 0) is 18.8 Å². The Balaban J connectivity index is 1.82. The molecule has 0 bridgehead atoms. The van der Waals surface area contributed by atoms with E-state index in [1.165, 1.54) is 20.0 Å². The smallest absolute Gasteiger partial charge is 0.311 e. The molecule has 0 atom stereocenters. The van der Waals surface area contributed by atoms with Crippen molar-refractivity contribution in [3.8, 4) is 0 Å². The van der Waals surface area contributed by atoms with Crippen LogP contribution in [0.2, 0.25) is 0 Å². The fraction of sp³-hybridized carbons (Fsp3) is 0.600. The molecular formula is C10H14N2O2S. The van der Waals surface area contributed by atoms with Gasteiger partial charge in [0.2, 0.25) is 0 Å². The third kappa shape index (κ3) is 3.20. The molecule has 0 saturated heterocycles. The van der Waals surface area contributed by atoms with Crippen molar-refractivity contribution < 1.29 is 9.53 Å². The minimum atomic E-state index is -0.242.